The van der Waals surface area contributed by atoms with Crippen LogP contribution in [-0.4, -0.2) is 50.1 Å². The van der Waals surface area contributed by atoms with Crippen LogP contribution in [0.3, 0.4) is 0 Å². The molecule has 3 aromatic heterocycles. The molecule has 10 nitrogen and oxygen atoms in total. The second kappa shape index (κ2) is 13.1. The zero-order valence-electron chi connectivity index (χ0n) is 27.3. The third-order valence-electron chi connectivity index (χ3n) is 8.20. The molecular formula is C38H34N6O4S. The van der Waals surface area contributed by atoms with E-state index >= 15 is 0 Å². The normalized spacial score (nSPS) is 12.8. The van der Waals surface area contributed by atoms with Crippen molar-refractivity contribution in [2.24, 2.45) is 0 Å². The molecule has 0 atom stereocenters. The zero-order valence-corrected chi connectivity index (χ0v) is 28.2. The summed E-state index contributed by atoms with van der Waals surface area (Å²) in [5, 5.41) is 8.07. The van der Waals surface area contributed by atoms with Gasteiger partial charge in [0.1, 0.15) is 17.7 Å². The lowest BCUT2D eigenvalue weighted by Crippen LogP contribution is -2.33. The fourth-order valence-corrected chi connectivity index (χ4v) is 6.82. The number of pyridine rings is 1. The molecule has 1 aliphatic rings. The number of hydrogen-bond acceptors (Lipinski definition) is 9. The number of hydrogen-bond donors (Lipinski definition) is 1. The minimum Gasteiger partial charge on any atom is -0.455 e. The molecule has 0 fully saturated rings. The van der Waals surface area contributed by atoms with Crippen molar-refractivity contribution in [3.8, 4) is 11.1 Å². The highest BCUT2D eigenvalue weighted by atomic mass is 32.1. The van der Waals surface area contributed by atoms with Crippen LogP contribution in [0.25, 0.3) is 21.3 Å². The number of carbonyl (C=O) groups excluding carboxylic acids is 3. The molecule has 3 aromatic carbocycles. The monoisotopic (exact) mass is 670 g/mol. The summed E-state index contributed by atoms with van der Waals surface area (Å²) < 4.78 is 8.57. The van der Waals surface area contributed by atoms with Crippen LogP contribution >= 0.6 is 11.3 Å². The first kappa shape index (κ1) is 31.9. The molecule has 0 saturated carbocycles. The Balaban J connectivity index is 1.17. The van der Waals surface area contributed by atoms with Crippen molar-refractivity contribution in [2.75, 3.05) is 16.8 Å². The van der Waals surface area contributed by atoms with Crippen molar-refractivity contribution in [1.29, 1.82) is 0 Å². The van der Waals surface area contributed by atoms with Gasteiger partial charge in [-0.3, -0.25) is 19.6 Å². The first-order valence-electron chi connectivity index (χ1n) is 16.0. The highest BCUT2D eigenvalue weighted by Crippen LogP contribution is 2.32. The van der Waals surface area contributed by atoms with Gasteiger partial charge < -0.3 is 9.64 Å². The number of benzene rings is 3. The largest absolute Gasteiger partial charge is 0.455 e. The fraction of sp³-hybridized carbons (Fsp3) is 0.211. The van der Waals surface area contributed by atoms with E-state index in [9.17, 15) is 14.4 Å². The molecule has 0 radical (unpaired) electrons. The van der Waals surface area contributed by atoms with Gasteiger partial charge in [0, 0.05) is 41.5 Å². The Morgan fingerprint density at radius 1 is 1.00 bits per heavy atom. The smallest absolute Gasteiger partial charge is 0.358 e. The number of esters is 1. The number of nitrogens with zero attached hydrogens (tertiary/aromatic N) is 5. The molecule has 0 spiro atoms. The van der Waals surface area contributed by atoms with Crippen LogP contribution in [0.4, 0.5) is 10.9 Å². The standard InChI is InChI=1S/C38H34N6O4S/c1-38(2,3)48-36(47)34-28(27-19-39-44(21-27)20-24-8-6-9-25(18-24)23-45)14-15-33(41-34)43-17-16-26-10-7-11-29(30(26)22-43)35(46)42-37-40-31-12-4-5-13-32(31)49-37/h4-15,18-19,21,23H,16-17,20,22H2,1-3H3,(H,40,42,46). The van der Waals surface area contributed by atoms with Crippen molar-refractivity contribution in [1.82, 2.24) is 19.7 Å². The minimum atomic E-state index is -0.727. The minimum absolute atomic E-state index is 0.183. The van der Waals surface area contributed by atoms with Crippen LogP contribution in [0.2, 0.25) is 0 Å². The first-order valence-corrected chi connectivity index (χ1v) is 16.8. The summed E-state index contributed by atoms with van der Waals surface area (Å²) in [6, 6.07) is 24.7. The topological polar surface area (TPSA) is 119 Å². The molecule has 0 aliphatic carbocycles. The van der Waals surface area contributed by atoms with E-state index in [1.165, 1.54) is 11.3 Å². The van der Waals surface area contributed by atoms with Gasteiger partial charge in [-0.1, -0.05) is 53.8 Å². The van der Waals surface area contributed by atoms with E-state index in [0.29, 0.717) is 59.3 Å². The van der Waals surface area contributed by atoms with Crippen LogP contribution < -0.4 is 10.2 Å². The van der Waals surface area contributed by atoms with Gasteiger partial charge >= 0.3 is 5.97 Å². The summed E-state index contributed by atoms with van der Waals surface area (Å²) in [6.07, 6.45) is 5.08. The predicted molar refractivity (Wildman–Crippen MR) is 190 cm³/mol. The van der Waals surface area contributed by atoms with E-state index in [2.05, 4.69) is 26.4 Å². The van der Waals surface area contributed by atoms with Crippen molar-refractivity contribution in [3.05, 3.63) is 125 Å². The van der Waals surface area contributed by atoms with E-state index in [1.54, 1.807) is 16.9 Å². The molecule has 4 heterocycles. The Hall–Kier alpha value is -5.68. The summed E-state index contributed by atoms with van der Waals surface area (Å²) in [6.45, 7) is 7.02. The molecule has 1 amide bonds. The number of rotatable bonds is 8. The van der Waals surface area contributed by atoms with Gasteiger partial charge in [0.05, 0.1) is 23.0 Å². The number of para-hydroxylation sites is 1. The van der Waals surface area contributed by atoms with E-state index in [-0.39, 0.29) is 11.6 Å². The van der Waals surface area contributed by atoms with Crippen LogP contribution in [0, 0.1) is 0 Å². The lowest BCUT2D eigenvalue weighted by molar-refractivity contribution is 0.00637. The average Bonchev–Trinajstić information content (AvgIpc) is 3.73. The summed E-state index contributed by atoms with van der Waals surface area (Å²) in [7, 11) is 0. The maximum absolute atomic E-state index is 13.6. The second-order valence-corrected chi connectivity index (χ2v) is 13.9. The Labute approximate surface area is 287 Å². The molecule has 246 valence electrons. The average molecular weight is 671 g/mol. The van der Waals surface area contributed by atoms with Gasteiger partial charge in [0.2, 0.25) is 0 Å². The van der Waals surface area contributed by atoms with E-state index in [1.807, 2.05) is 93.7 Å². The lowest BCUT2D eigenvalue weighted by atomic mass is 9.94. The van der Waals surface area contributed by atoms with Crippen molar-refractivity contribution >= 4 is 50.7 Å². The Morgan fingerprint density at radius 3 is 2.65 bits per heavy atom. The molecular weight excluding hydrogens is 637 g/mol. The number of amides is 1. The maximum atomic E-state index is 13.6. The highest BCUT2D eigenvalue weighted by molar-refractivity contribution is 7.22. The molecule has 0 bridgehead atoms. The highest BCUT2D eigenvalue weighted by Gasteiger charge is 2.27. The van der Waals surface area contributed by atoms with Gasteiger partial charge in [-0.05, 0) is 80.3 Å². The second-order valence-electron chi connectivity index (χ2n) is 12.9. The van der Waals surface area contributed by atoms with Crippen LogP contribution in [0.5, 0.6) is 0 Å². The van der Waals surface area contributed by atoms with Crippen molar-refractivity contribution in [3.63, 3.8) is 0 Å². The van der Waals surface area contributed by atoms with Crippen LogP contribution in [0.15, 0.2) is 91.3 Å². The van der Waals surface area contributed by atoms with Crippen molar-refractivity contribution in [2.45, 2.75) is 45.9 Å². The maximum Gasteiger partial charge on any atom is 0.358 e. The van der Waals surface area contributed by atoms with Crippen LogP contribution in [-0.2, 0) is 24.2 Å². The molecule has 11 heteroatoms. The molecule has 49 heavy (non-hydrogen) atoms. The van der Waals surface area contributed by atoms with E-state index < -0.39 is 11.6 Å². The van der Waals surface area contributed by atoms with Gasteiger partial charge in [-0.2, -0.15) is 5.10 Å². The van der Waals surface area contributed by atoms with E-state index in [4.69, 9.17) is 9.72 Å². The SMILES string of the molecule is CC(C)(C)OC(=O)c1nc(N2CCc3cccc(C(=O)Nc4nc5ccccc5s4)c3C2)ccc1-c1cnn(Cc2cccc(C=O)c2)c1. The number of aromatic nitrogens is 4. The number of nitrogens with one attached hydrogen (secondary N) is 1. The summed E-state index contributed by atoms with van der Waals surface area (Å²) in [5.41, 5.74) is 5.73. The Bertz CT molecular complexity index is 2180. The third-order valence-corrected chi connectivity index (χ3v) is 9.16. The van der Waals surface area contributed by atoms with Gasteiger partial charge in [-0.15, -0.1) is 0 Å². The number of aldehydes is 1. The number of anilines is 2. The molecule has 7 rings (SSSR count). The quantitative estimate of drug-likeness (QED) is 0.134. The Kier molecular flexibility index (Phi) is 8.52. The molecule has 1 aliphatic heterocycles. The first-order chi connectivity index (χ1) is 23.6. The third kappa shape index (κ3) is 6.97. The number of carbonyl (C=O) groups is 3. The fourth-order valence-electron chi connectivity index (χ4n) is 5.96. The zero-order chi connectivity index (χ0) is 34.1. The summed E-state index contributed by atoms with van der Waals surface area (Å²) >= 11 is 1.44. The number of ether oxygens (including phenoxy) is 1. The van der Waals surface area contributed by atoms with E-state index in [0.717, 1.165) is 33.2 Å². The summed E-state index contributed by atoms with van der Waals surface area (Å²) in [5.74, 6) is -0.149. The number of fused-ring (bicyclic) bond motifs is 2. The molecule has 0 unspecified atom stereocenters. The van der Waals surface area contributed by atoms with Gasteiger partial charge in [0.15, 0.2) is 10.8 Å². The number of thiazole rings is 1. The lowest BCUT2D eigenvalue weighted by Gasteiger charge is -2.31. The predicted octanol–water partition coefficient (Wildman–Crippen LogP) is 7.19. The molecule has 6 aromatic rings. The molecule has 0 saturated heterocycles. The summed E-state index contributed by atoms with van der Waals surface area (Å²) in [4.78, 5) is 50.0. The van der Waals surface area contributed by atoms with Crippen molar-refractivity contribution < 1.29 is 19.1 Å². The molecule has 1 N–H and O–H groups in total. The van der Waals surface area contributed by atoms with Gasteiger partial charge in [0.25, 0.3) is 5.91 Å². The van der Waals surface area contributed by atoms with Crippen LogP contribution in [0.1, 0.15) is 68.7 Å². The Morgan fingerprint density at radius 2 is 1.84 bits per heavy atom. The van der Waals surface area contributed by atoms with Gasteiger partial charge in [-0.25, -0.2) is 14.8 Å².